The van der Waals surface area contributed by atoms with Crippen LogP contribution in [0.15, 0.2) is 0 Å². The lowest BCUT2D eigenvalue weighted by molar-refractivity contribution is 0.0526. The Hall–Kier alpha value is -1.72. The Labute approximate surface area is 103 Å². The summed E-state index contributed by atoms with van der Waals surface area (Å²) in [5, 5.41) is 14.2. The average Bonchev–Trinajstić information content (AvgIpc) is 2.20. The van der Waals surface area contributed by atoms with E-state index in [4.69, 9.17) is 16.4 Å². The van der Waals surface area contributed by atoms with E-state index in [9.17, 15) is 4.79 Å². The number of terminal acetylenes is 1. The fourth-order valence-electron chi connectivity index (χ4n) is 1.03. The fourth-order valence-corrected chi connectivity index (χ4v) is 1.03. The highest BCUT2D eigenvalue weighted by Gasteiger charge is 2.16. The molecule has 0 spiro atoms. The Morgan fingerprint density at radius 3 is 2.65 bits per heavy atom. The molecule has 5 heteroatoms. The number of amides is 1. The van der Waals surface area contributed by atoms with Crippen molar-refractivity contribution in [3.8, 4) is 18.4 Å². The van der Waals surface area contributed by atoms with Gasteiger partial charge in [0, 0.05) is 6.54 Å². The molecule has 0 aliphatic rings. The van der Waals surface area contributed by atoms with Crippen LogP contribution in [0.3, 0.4) is 0 Å². The number of nitrogens with one attached hydrogen (secondary N) is 2. The first-order valence-corrected chi connectivity index (χ1v) is 5.42. The zero-order valence-electron chi connectivity index (χ0n) is 10.5. The molecule has 17 heavy (non-hydrogen) atoms. The number of nitrogens with zero attached hydrogens (tertiary/aromatic N) is 1. The van der Waals surface area contributed by atoms with Crippen LogP contribution >= 0.6 is 0 Å². The third-order valence-corrected chi connectivity index (χ3v) is 1.71. The van der Waals surface area contributed by atoms with Crippen molar-refractivity contribution < 1.29 is 9.53 Å². The topological polar surface area (TPSA) is 74.2 Å². The predicted octanol–water partition coefficient (Wildman–Crippen LogP) is 1.02. The molecule has 94 valence electrons. The van der Waals surface area contributed by atoms with Gasteiger partial charge in [0.05, 0.1) is 18.7 Å². The highest BCUT2D eigenvalue weighted by molar-refractivity contribution is 5.67. The van der Waals surface area contributed by atoms with Crippen LogP contribution in [0.1, 0.15) is 27.2 Å². The van der Waals surface area contributed by atoms with E-state index in [-0.39, 0.29) is 6.04 Å². The first-order chi connectivity index (χ1) is 7.89. The molecule has 0 aromatic carbocycles. The second kappa shape index (κ2) is 7.54. The summed E-state index contributed by atoms with van der Waals surface area (Å²) in [5.41, 5.74) is -0.513. The zero-order valence-corrected chi connectivity index (χ0v) is 10.5. The number of hydrogen-bond donors (Lipinski definition) is 2. The molecule has 1 atom stereocenters. The van der Waals surface area contributed by atoms with Crippen molar-refractivity contribution in [3.63, 3.8) is 0 Å². The molecule has 5 nitrogen and oxygen atoms in total. The first kappa shape index (κ1) is 15.3. The van der Waals surface area contributed by atoms with E-state index in [2.05, 4.69) is 22.6 Å². The van der Waals surface area contributed by atoms with E-state index < -0.39 is 11.7 Å². The SMILES string of the molecule is C#CCNC(C#N)CCNC(=O)OC(C)(C)C. The monoisotopic (exact) mass is 237 g/mol. The minimum atomic E-state index is -0.513. The molecule has 0 rings (SSSR count). The Kier molecular flexibility index (Phi) is 6.77. The lowest BCUT2D eigenvalue weighted by Crippen LogP contribution is -2.36. The van der Waals surface area contributed by atoms with Gasteiger partial charge in [-0.3, -0.25) is 5.32 Å². The maximum Gasteiger partial charge on any atom is 0.407 e. The van der Waals surface area contributed by atoms with Crippen molar-refractivity contribution in [1.29, 1.82) is 5.26 Å². The van der Waals surface area contributed by atoms with Crippen LogP contribution < -0.4 is 10.6 Å². The van der Waals surface area contributed by atoms with Gasteiger partial charge in [0.2, 0.25) is 0 Å². The molecule has 2 N–H and O–H groups in total. The van der Waals surface area contributed by atoms with Crippen molar-refractivity contribution in [2.45, 2.75) is 38.8 Å². The van der Waals surface area contributed by atoms with Crippen LogP contribution in [0.5, 0.6) is 0 Å². The summed E-state index contributed by atoms with van der Waals surface area (Å²) in [4.78, 5) is 11.3. The number of ether oxygens (including phenoxy) is 1. The fraction of sp³-hybridized carbons (Fsp3) is 0.667. The van der Waals surface area contributed by atoms with Crippen LogP contribution in [0.2, 0.25) is 0 Å². The molecular formula is C12H19N3O2. The second-order valence-electron chi connectivity index (χ2n) is 4.48. The Bertz CT molecular complexity index is 320. The molecule has 0 aromatic rings. The van der Waals surface area contributed by atoms with Gasteiger partial charge in [-0.1, -0.05) is 5.92 Å². The number of carbonyl (C=O) groups is 1. The summed E-state index contributed by atoms with van der Waals surface area (Å²) in [6, 6.07) is 1.70. The van der Waals surface area contributed by atoms with E-state index in [0.29, 0.717) is 19.5 Å². The lowest BCUT2D eigenvalue weighted by atomic mass is 10.2. The van der Waals surface area contributed by atoms with Gasteiger partial charge in [-0.15, -0.1) is 6.42 Å². The number of carbonyl (C=O) groups excluding carboxylic acids is 1. The molecule has 0 aliphatic carbocycles. The predicted molar refractivity (Wildman–Crippen MR) is 65.1 cm³/mol. The average molecular weight is 237 g/mol. The Morgan fingerprint density at radius 2 is 2.18 bits per heavy atom. The summed E-state index contributed by atoms with van der Waals surface area (Å²) in [6.45, 7) is 6.08. The van der Waals surface area contributed by atoms with Crippen LogP contribution in [0.4, 0.5) is 4.79 Å². The molecule has 1 amide bonds. The quantitative estimate of drug-likeness (QED) is 0.700. The summed E-state index contributed by atoms with van der Waals surface area (Å²) in [7, 11) is 0. The van der Waals surface area contributed by atoms with Crippen molar-refractivity contribution in [2.75, 3.05) is 13.1 Å². The molecule has 0 radical (unpaired) electrons. The van der Waals surface area contributed by atoms with Crippen molar-refractivity contribution in [1.82, 2.24) is 10.6 Å². The summed E-state index contributed by atoms with van der Waals surface area (Å²) in [5.74, 6) is 2.39. The molecule has 0 saturated carbocycles. The van der Waals surface area contributed by atoms with Crippen molar-refractivity contribution in [3.05, 3.63) is 0 Å². The van der Waals surface area contributed by atoms with E-state index >= 15 is 0 Å². The van der Waals surface area contributed by atoms with E-state index in [1.54, 1.807) is 20.8 Å². The second-order valence-corrected chi connectivity index (χ2v) is 4.48. The zero-order chi connectivity index (χ0) is 13.3. The number of hydrogen-bond acceptors (Lipinski definition) is 4. The minimum Gasteiger partial charge on any atom is -0.444 e. The van der Waals surface area contributed by atoms with Crippen LogP contribution in [-0.2, 0) is 4.74 Å². The maximum absolute atomic E-state index is 11.3. The maximum atomic E-state index is 11.3. The van der Waals surface area contributed by atoms with Gasteiger partial charge in [0.25, 0.3) is 0 Å². The van der Waals surface area contributed by atoms with Gasteiger partial charge >= 0.3 is 6.09 Å². The van der Waals surface area contributed by atoms with E-state index in [1.807, 2.05) is 0 Å². The number of rotatable bonds is 5. The van der Waals surface area contributed by atoms with E-state index in [0.717, 1.165) is 0 Å². The third-order valence-electron chi connectivity index (χ3n) is 1.71. The van der Waals surface area contributed by atoms with Crippen LogP contribution in [-0.4, -0.2) is 30.8 Å². The summed E-state index contributed by atoms with van der Waals surface area (Å²) >= 11 is 0. The van der Waals surface area contributed by atoms with Gasteiger partial charge in [0.1, 0.15) is 5.60 Å². The molecule has 0 bridgehead atoms. The summed E-state index contributed by atoms with van der Waals surface area (Å²) < 4.78 is 5.05. The van der Waals surface area contributed by atoms with Crippen LogP contribution in [0.25, 0.3) is 0 Å². The third kappa shape index (κ3) is 9.22. The van der Waals surface area contributed by atoms with Crippen molar-refractivity contribution in [2.24, 2.45) is 0 Å². The van der Waals surface area contributed by atoms with Gasteiger partial charge in [0.15, 0.2) is 0 Å². The van der Waals surface area contributed by atoms with Gasteiger partial charge in [-0.05, 0) is 27.2 Å². The molecule has 1 unspecified atom stereocenters. The smallest absolute Gasteiger partial charge is 0.407 e. The number of nitriles is 1. The standard InChI is InChI=1S/C12H19N3O2/c1-5-7-14-10(9-13)6-8-15-11(16)17-12(2,3)4/h1,10,14H,6-8H2,2-4H3,(H,15,16). The molecule has 0 aromatic heterocycles. The highest BCUT2D eigenvalue weighted by Crippen LogP contribution is 2.06. The van der Waals surface area contributed by atoms with Crippen LogP contribution in [0, 0.1) is 23.7 Å². The molecular weight excluding hydrogens is 218 g/mol. The van der Waals surface area contributed by atoms with E-state index in [1.165, 1.54) is 0 Å². The molecule has 0 fully saturated rings. The Morgan fingerprint density at radius 1 is 1.53 bits per heavy atom. The van der Waals surface area contributed by atoms with Crippen molar-refractivity contribution >= 4 is 6.09 Å². The Balaban J connectivity index is 3.79. The normalized spacial score (nSPS) is 12.1. The number of alkyl carbamates (subject to hydrolysis) is 1. The molecule has 0 saturated heterocycles. The van der Waals surface area contributed by atoms with Gasteiger partial charge in [-0.2, -0.15) is 5.26 Å². The molecule has 0 heterocycles. The van der Waals surface area contributed by atoms with Gasteiger partial charge < -0.3 is 10.1 Å². The van der Waals surface area contributed by atoms with Gasteiger partial charge in [-0.25, -0.2) is 4.79 Å². The molecule has 0 aliphatic heterocycles. The highest BCUT2D eigenvalue weighted by atomic mass is 16.6. The largest absolute Gasteiger partial charge is 0.444 e. The lowest BCUT2D eigenvalue weighted by Gasteiger charge is -2.20. The first-order valence-electron chi connectivity index (χ1n) is 5.42. The summed E-state index contributed by atoms with van der Waals surface area (Å²) in [6.07, 6.45) is 5.07. The minimum absolute atomic E-state index is 0.338.